The van der Waals surface area contributed by atoms with Crippen LogP contribution in [-0.2, 0) is 13.6 Å². The van der Waals surface area contributed by atoms with Gasteiger partial charge in [0.05, 0.1) is 19.4 Å². The minimum atomic E-state index is -2.96. The van der Waals surface area contributed by atoms with E-state index in [4.69, 9.17) is 15.5 Å². The number of hydrogen-bond acceptors (Lipinski definition) is 3. The third-order valence-electron chi connectivity index (χ3n) is 1.50. The van der Waals surface area contributed by atoms with Gasteiger partial charge in [-0.25, -0.2) is 0 Å². The molecule has 80 valence electrons. The van der Waals surface area contributed by atoms with Crippen molar-refractivity contribution in [1.29, 1.82) is 0 Å². The van der Waals surface area contributed by atoms with Crippen molar-refractivity contribution in [3.63, 3.8) is 0 Å². The highest BCUT2D eigenvalue weighted by Crippen LogP contribution is 2.48. The van der Waals surface area contributed by atoms with E-state index in [1.54, 1.807) is 26.8 Å². The normalized spacial score (nSPS) is 12.6. The van der Waals surface area contributed by atoms with Crippen LogP contribution in [0.4, 0.5) is 0 Å². The van der Waals surface area contributed by atoms with Crippen LogP contribution in [-0.4, -0.2) is 19.4 Å². The van der Waals surface area contributed by atoms with Crippen LogP contribution in [0.3, 0.4) is 0 Å². The van der Waals surface area contributed by atoms with Crippen molar-refractivity contribution < 1.29 is 13.6 Å². The van der Waals surface area contributed by atoms with E-state index in [1.165, 1.54) is 0 Å². The van der Waals surface area contributed by atoms with Crippen LogP contribution >= 0.6 is 7.60 Å². The van der Waals surface area contributed by atoms with Crippen molar-refractivity contribution in [3.8, 4) is 12.3 Å². The summed E-state index contributed by atoms with van der Waals surface area (Å²) >= 11 is 0. The van der Waals surface area contributed by atoms with E-state index in [-0.39, 0.29) is 6.16 Å². The Balaban J connectivity index is 4.39. The summed E-state index contributed by atoms with van der Waals surface area (Å²) in [5, 5.41) is 0. The summed E-state index contributed by atoms with van der Waals surface area (Å²) in [7, 11) is -2.96. The van der Waals surface area contributed by atoms with E-state index in [1.807, 2.05) is 0 Å². The molecule has 0 atom stereocenters. The van der Waals surface area contributed by atoms with Gasteiger partial charge in [-0.15, -0.1) is 6.42 Å². The molecule has 0 bridgehead atoms. The van der Waals surface area contributed by atoms with E-state index >= 15 is 0 Å². The lowest BCUT2D eigenvalue weighted by Gasteiger charge is -2.14. The van der Waals surface area contributed by atoms with E-state index in [9.17, 15) is 4.57 Å². The summed E-state index contributed by atoms with van der Waals surface area (Å²) in [6.07, 6.45) is 7.10. The maximum absolute atomic E-state index is 11.9. The van der Waals surface area contributed by atoms with Crippen LogP contribution in [0.5, 0.6) is 0 Å². The molecule has 0 saturated carbocycles. The zero-order valence-corrected chi connectivity index (χ0v) is 9.84. The number of hydrogen-bond donors (Lipinski definition) is 0. The molecule has 0 unspecified atom stereocenters. The van der Waals surface area contributed by atoms with Gasteiger partial charge in [0.1, 0.15) is 0 Å². The topological polar surface area (TPSA) is 35.5 Å². The molecule has 0 aliphatic rings. The zero-order valence-electron chi connectivity index (χ0n) is 8.95. The van der Waals surface area contributed by atoms with Gasteiger partial charge < -0.3 is 9.05 Å². The molecular weight excluding hydrogens is 199 g/mol. The quantitative estimate of drug-likeness (QED) is 0.506. The lowest BCUT2D eigenvalue weighted by Crippen LogP contribution is -1.98. The summed E-state index contributed by atoms with van der Waals surface area (Å²) in [6, 6.07) is 0. The fourth-order valence-corrected chi connectivity index (χ4v) is 2.41. The summed E-state index contributed by atoms with van der Waals surface area (Å²) in [4.78, 5) is 0. The van der Waals surface area contributed by atoms with Gasteiger partial charge in [0.25, 0.3) is 0 Å². The van der Waals surface area contributed by atoms with Crippen molar-refractivity contribution >= 4 is 7.60 Å². The van der Waals surface area contributed by atoms with Crippen LogP contribution in [0.25, 0.3) is 0 Å². The van der Waals surface area contributed by atoms with Gasteiger partial charge in [0.2, 0.25) is 0 Å². The van der Waals surface area contributed by atoms with Crippen LogP contribution in [0, 0.1) is 12.3 Å². The Morgan fingerprint density at radius 2 is 1.93 bits per heavy atom. The number of terminal acetylenes is 1. The molecule has 0 aliphatic heterocycles. The van der Waals surface area contributed by atoms with Crippen LogP contribution < -0.4 is 0 Å². The van der Waals surface area contributed by atoms with Crippen LogP contribution in [0.2, 0.25) is 0 Å². The molecule has 14 heavy (non-hydrogen) atoms. The van der Waals surface area contributed by atoms with Gasteiger partial charge in [0, 0.05) is 0 Å². The predicted molar refractivity (Wildman–Crippen MR) is 58.3 cm³/mol. The highest BCUT2D eigenvalue weighted by Gasteiger charge is 2.21. The average molecular weight is 216 g/mol. The second-order valence-corrected chi connectivity index (χ2v) is 4.76. The largest absolute Gasteiger partial charge is 0.334 e. The van der Waals surface area contributed by atoms with Gasteiger partial charge in [-0.05, 0) is 26.3 Å². The molecule has 0 fully saturated rings. The van der Waals surface area contributed by atoms with Crippen molar-refractivity contribution in [2.45, 2.75) is 20.8 Å². The molecule has 0 aliphatic carbocycles. The standard InChI is InChI=1S/C10H17O3P/c1-5-10(4)8-9-14(11,12-6-2)13-7-3/h1,8H,6-7,9H2,2-4H3. The molecule has 0 rings (SSSR count). The molecule has 4 heteroatoms. The van der Waals surface area contributed by atoms with Crippen LogP contribution in [0.15, 0.2) is 11.6 Å². The van der Waals surface area contributed by atoms with Gasteiger partial charge in [-0.3, -0.25) is 4.57 Å². The molecule has 0 aromatic carbocycles. The first-order valence-electron chi connectivity index (χ1n) is 4.59. The van der Waals surface area contributed by atoms with E-state index in [0.717, 1.165) is 5.57 Å². The smallest absolute Gasteiger partial charge is 0.309 e. The molecule has 0 amide bonds. The summed E-state index contributed by atoms with van der Waals surface area (Å²) in [5.74, 6) is 2.45. The van der Waals surface area contributed by atoms with Gasteiger partial charge in [-0.1, -0.05) is 12.0 Å². The molecule has 3 nitrogen and oxygen atoms in total. The van der Waals surface area contributed by atoms with E-state index < -0.39 is 7.60 Å². The molecule has 0 radical (unpaired) electrons. The van der Waals surface area contributed by atoms with Crippen molar-refractivity contribution in [2.24, 2.45) is 0 Å². The Kier molecular flexibility index (Phi) is 6.57. The Hall–Kier alpha value is -0.550. The zero-order chi connectivity index (χ0) is 11.0. The SMILES string of the molecule is C#CC(C)=CCP(=O)(OCC)OCC. The van der Waals surface area contributed by atoms with Gasteiger partial charge in [0.15, 0.2) is 0 Å². The molecule has 0 N–H and O–H groups in total. The predicted octanol–water partition coefficient (Wildman–Crippen LogP) is 2.83. The molecule has 0 heterocycles. The Labute approximate surface area is 86.0 Å². The minimum absolute atomic E-state index is 0.241. The van der Waals surface area contributed by atoms with Crippen molar-refractivity contribution in [3.05, 3.63) is 11.6 Å². The Morgan fingerprint density at radius 3 is 2.29 bits per heavy atom. The fraction of sp³-hybridized carbons (Fsp3) is 0.600. The van der Waals surface area contributed by atoms with Crippen LogP contribution in [0.1, 0.15) is 20.8 Å². The van der Waals surface area contributed by atoms with Gasteiger partial charge in [-0.2, -0.15) is 0 Å². The first kappa shape index (κ1) is 13.4. The summed E-state index contributed by atoms with van der Waals surface area (Å²) in [5.41, 5.74) is 0.740. The number of rotatable bonds is 6. The maximum atomic E-state index is 11.9. The third-order valence-corrected chi connectivity index (χ3v) is 3.43. The number of allylic oxidation sites excluding steroid dienone is 2. The minimum Gasteiger partial charge on any atom is -0.309 e. The average Bonchev–Trinajstić information content (AvgIpc) is 2.15. The van der Waals surface area contributed by atoms with Crippen molar-refractivity contribution in [2.75, 3.05) is 19.4 Å². The monoisotopic (exact) mass is 216 g/mol. The van der Waals surface area contributed by atoms with Gasteiger partial charge >= 0.3 is 7.60 Å². The van der Waals surface area contributed by atoms with E-state index in [2.05, 4.69) is 5.92 Å². The highest BCUT2D eigenvalue weighted by atomic mass is 31.2. The Morgan fingerprint density at radius 1 is 1.43 bits per heavy atom. The van der Waals surface area contributed by atoms with E-state index in [0.29, 0.717) is 13.2 Å². The first-order valence-corrected chi connectivity index (χ1v) is 6.32. The molecule has 0 spiro atoms. The van der Waals surface area contributed by atoms with Crippen molar-refractivity contribution in [1.82, 2.24) is 0 Å². The molecular formula is C10H17O3P. The highest BCUT2D eigenvalue weighted by molar-refractivity contribution is 7.54. The third kappa shape index (κ3) is 5.24. The molecule has 0 aromatic heterocycles. The maximum Gasteiger partial charge on any atom is 0.334 e. The fourth-order valence-electron chi connectivity index (χ4n) is 0.844. The second-order valence-electron chi connectivity index (χ2n) is 2.66. The lowest BCUT2D eigenvalue weighted by molar-refractivity contribution is 0.222. The summed E-state index contributed by atoms with van der Waals surface area (Å²) < 4.78 is 22.0. The molecule has 0 aromatic rings. The summed E-state index contributed by atoms with van der Waals surface area (Å²) in [6.45, 7) is 6.09. The lowest BCUT2D eigenvalue weighted by atomic mass is 10.3. The molecule has 0 saturated heterocycles. The Bertz CT molecular complexity index is 266. The first-order chi connectivity index (χ1) is 6.58. The second kappa shape index (κ2) is 6.84.